The van der Waals surface area contributed by atoms with Gasteiger partial charge < -0.3 is 0 Å². The van der Waals surface area contributed by atoms with Crippen molar-refractivity contribution in [1.29, 1.82) is 0 Å². The molecule has 0 aliphatic rings. The Hall–Kier alpha value is 0.300. The third-order valence-corrected chi connectivity index (χ3v) is 10.9. The van der Waals surface area contributed by atoms with Crippen LogP contribution in [0.5, 0.6) is 0 Å². The van der Waals surface area contributed by atoms with Gasteiger partial charge in [-0.25, -0.2) is 0 Å². The van der Waals surface area contributed by atoms with Crippen molar-refractivity contribution in [3.63, 3.8) is 0 Å². The molecule has 1 unspecified atom stereocenters. The third kappa shape index (κ3) is 40.3. The zero-order valence-corrected chi connectivity index (χ0v) is 30.9. The average molecular weight is 608 g/mol. The molecular formula is C41H84P+. The van der Waals surface area contributed by atoms with Crippen molar-refractivity contribution < 1.29 is 0 Å². The second-order valence-electron chi connectivity index (χ2n) is 13.9. The van der Waals surface area contributed by atoms with Gasteiger partial charge >= 0.3 is 0 Å². The van der Waals surface area contributed by atoms with Crippen molar-refractivity contribution in [2.45, 2.75) is 245 Å². The Kier molecular flexibility index (Phi) is 41.6. The van der Waals surface area contributed by atoms with Crippen LogP contribution >= 0.6 is 8.58 Å². The van der Waals surface area contributed by atoms with E-state index in [1.807, 2.05) is 0 Å². The van der Waals surface area contributed by atoms with Gasteiger partial charge in [0.2, 0.25) is 0 Å². The van der Waals surface area contributed by atoms with Crippen LogP contribution in [-0.2, 0) is 0 Å². The quantitative estimate of drug-likeness (QED) is 0.0370. The molecule has 0 rings (SSSR count). The van der Waals surface area contributed by atoms with Crippen LogP contribution in [0.3, 0.4) is 0 Å². The van der Waals surface area contributed by atoms with Crippen molar-refractivity contribution >= 4 is 8.58 Å². The molecular weight excluding hydrogens is 523 g/mol. The Bertz CT molecular complexity index is 393. The Labute approximate surface area is 271 Å². The SMILES string of the molecule is CCCCCCC[CH+]CCCCCCCCCCCCCPCCCCCCCCCCCCCCCCCCCC. The molecule has 0 N–H and O–H groups in total. The summed E-state index contributed by atoms with van der Waals surface area (Å²) in [4.78, 5) is 0. The predicted molar refractivity (Wildman–Crippen MR) is 200 cm³/mol. The van der Waals surface area contributed by atoms with Crippen molar-refractivity contribution in [2.75, 3.05) is 12.3 Å². The van der Waals surface area contributed by atoms with Gasteiger partial charge in [-0.05, 0) is 50.8 Å². The molecule has 0 aliphatic carbocycles. The lowest BCUT2D eigenvalue weighted by Crippen LogP contribution is -1.86. The molecule has 0 bridgehead atoms. The van der Waals surface area contributed by atoms with Crippen LogP contribution in [0.25, 0.3) is 0 Å². The van der Waals surface area contributed by atoms with E-state index in [9.17, 15) is 0 Å². The number of hydrogen-bond acceptors (Lipinski definition) is 0. The molecule has 0 aliphatic heterocycles. The van der Waals surface area contributed by atoms with Gasteiger partial charge in [0.1, 0.15) is 0 Å². The predicted octanol–water partition coefficient (Wildman–Crippen LogP) is 16.0. The summed E-state index contributed by atoms with van der Waals surface area (Å²) in [6.45, 7) is 4.61. The van der Waals surface area contributed by atoms with Crippen LogP contribution in [0, 0.1) is 6.42 Å². The maximum atomic E-state index is 2.56. The van der Waals surface area contributed by atoms with Gasteiger partial charge in [0.25, 0.3) is 0 Å². The van der Waals surface area contributed by atoms with Crippen molar-refractivity contribution in [3.8, 4) is 0 Å². The highest BCUT2D eigenvalue weighted by atomic mass is 31.1. The summed E-state index contributed by atoms with van der Waals surface area (Å²) in [5, 5.41) is 0. The van der Waals surface area contributed by atoms with E-state index in [0.717, 1.165) is 0 Å². The summed E-state index contributed by atoms with van der Waals surface area (Å²) in [6.07, 6.45) is 58.5. The molecule has 0 nitrogen and oxygen atoms in total. The van der Waals surface area contributed by atoms with Crippen molar-refractivity contribution in [3.05, 3.63) is 6.42 Å². The smallest absolute Gasteiger partial charge is 0.0875 e. The van der Waals surface area contributed by atoms with E-state index in [4.69, 9.17) is 0 Å². The van der Waals surface area contributed by atoms with Crippen LogP contribution < -0.4 is 0 Å². The van der Waals surface area contributed by atoms with Crippen LogP contribution in [0.15, 0.2) is 0 Å². The molecule has 42 heavy (non-hydrogen) atoms. The highest BCUT2D eigenvalue weighted by Gasteiger charge is 2.00. The second kappa shape index (κ2) is 41.3. The minimum absolute atomic E-state index is 1.25. The third-order valence-electron chi connectivity index (χ3n) is 9.48. The summed E-state index contributed by atoms with van der Waals surface area (Å²) < 4.78 is 0. The molecule has 252 valence electrons. The van der Waals surface area contributed by atoms with E-state index in [1.165, 1.54) is 252 Å². The molecule has 0 heterocycles. The maximum absolute atomic E-state index is 2.56. The lowest BCUT2D eigenvalue weighted by molar-refractivity contribution is 0.526. The Morgan fingerprint density at radius 1 is 0.262 bits per heavy atom. The normalized spacial score (nSPS) is 11.8. The first-order chi connectivity index (χ1) is 20.9. The second-order valence-corrected chi connectivity index (χ2v) is 15.4. The molecule has 0 aromatic rings. The minimum Gasteiger partial charge on any atom is -0.122 e. The molecule has 0 saturated heterocycles. The van der Waals surface area contributed by atoms with Gasteiger partial charge in [0, 0.05) is 0 Å². The molecule has 1 heteroatoms. The molecule has 0 aromatic carbocycles. The monoisotopic (exact) mass is 608 g/mol. The van der Waals surface area contributed by atoms with Crippen LogP contribution in [0.2, 0.25) is 0 Å². The van der Waals surface area contributed by atoms with E-state index in [2.05, 4.69) is 20.3 Å². The van der Waals surface area contributed by atoms with Crippen LogP contribution in [-0.4, -0.2) is 12.3 Å². The fraction of sp³-hybridized carbons (Fsp3) is 0.976. The minimum atomic E-state index is 1.25. The molecule has 1 atom stereocenters. The average Bonchev–Trinajstić information content (AvgIpc) is 3.00. The maximum Gasteiger partial charge on any atom is 0.0875 e. The fourth-order valence-electron chi connectivity index (χ4n) is 6.44. The highest BCUT2D eigenvalue weighted by molar-refractivity contribution is 7.37. The largest absolute Gasteiger partial charge is 0.122 e. The number of hydrogen-bond donors (Lipinski definition) is 0. The van der Waals surface area contributed by atoms with Gasteiger partial charge in [-0.15, -0.1) is 8.58 Å². The van der Waals surface area contributed by atoms with Crippen molar-refractivity contribution in [1.82, 2.24) is 0 Å². The fourth-order valence-corrected chi connectivity index (χ4v) is 7.69. The van der Waals surface area contributed by atoms with Gasteiger partial charge in [-0.3, -0.25) is 0 Å². The lowest BCUT2D eigenvalue weighted by atomic mass is 10.0. The van der Waals surface area contributed by atoms with Crippen LogP contribution in [0.1, 0.15) is 245 Å². The molecule has 0 spiro atoms. The first-order valence-corrected chi connectivity index (χ1v) is 21.9. The zero-order chi connectivity index (χ0) is 30.3. The summed E-state index contributed by atoms with van der Waals surface area (Å²) in [7, 11) is 1.25. The molecule has 0 radical (unpaired) electrons. The standard InChI is InChI=1S/C41H84P/c1-3-5-7-9-11-13-15-17-19-21-23-25-27-29-31-33-35-37-39-41-42-40-38-36-34-32-30-28-26-24-22-20-18-16-14-12-10-8-6-4-2/h15,42H,3-14,16-41H2,1-2H3/q+1. The Balaban J connectivity index is 3.02. The van der Waals surface area contributed by atoms with Crippen LogP contribution in [0.4, 0.5) is 0 Å². The van der Waals surface area contributed by atoms with Gasteiger partial charge in [0.05, 0.1) is 19.3 Å². The van der Waals surface area contributed by atoms with E-state index < -0.39 is 0 Å². The lowest BCUT2D eigenvalue weighted by Gasteiger charge is -2.05. The van der Waals surface area contributed by atoms with Crippen molar-refractivity contribution in [2.24, 2.45) is 0 Å². The molecule has 0 fully saturated rings. The van der Waals surface area contributed by atoms with E-state index in [-0.39, 0.29) is 0 Å². The van der Waals surface area contributed by atoms with Gasteiger partial charge in [-0.1, -0.05) is 194 Å². The number of rotatable bonds is 39. The zero-order valence-electron chi connectivity index (χ0n) is 29.9. The summed E-state index contributed by atoms with van der Waals surface area (Å²) in [5.74, 6) is 0. The first-order valence-electron chi connectivity index (χ1n) is 20.4. The van der Waals surface area contributed by atoms with E-state index in [0.29, 0.717) is 0 Å². The first kappa shape index (κ1) is 42.3. The van der Waals surface area contributed by atoms with Gasteiger partial charge in [0.15, 0.2) is 0 Å². The topological polar surface area (TPSA) is 0 Å². The molecule has 0 aromatic heterocycles. The summed E-state index contributed by atoms with van der Waals surface area (Å²) >= 11 is 0. The van der Waals surface area contributed by atoms with Gasteiger partial charge in [-0.2, -0.15) is 0 Å². The summed E-state index contributed by atoms with van der Waals surface area (Å²) in [6, 6.07) is 0. The van der Waals surface area contributed by atoms with E-state index in [1.54, 1.807) is 0 Å². The Morgan fingerprint density at radius 3 is 0.738 bits per heavy atom. The molecule has 0 amide bonds. The van der Waals surface area contributed by atoms with E-state index >= 15 is 0 Å². The molecule has 0 saturated carbocycles. The number of unbranched alkanes of at least 4 members (excludes halogenated alkanes) is 35. The highest BCUT2D eigenvalue weighted by Crippen LogP contribution is 2.19. The Morgan fingerprint density at radius 2 is 0.476 bits per heavy atom. The summed E-state index contributed by atoms with van der Waals surface area (Å²) in [5.41, 5.74) is 0.